The zero-order chi connectivity index (χ0) is 22.2. The van der Waals surface area contributed by atoms with Crippen LogP contribution in [0.4, 0.5) is 4.39 Å². The highest BCUT2D eigenvalue weighted by molar-refractivity contribution is 5.86. The summed E-state index contributed by atoms with van der Waals surface area (Å²) in [7, 11) is 0. The molecule has 0 saturated heterocycles. The van der Waals surface area contributed by atoms with E-state index in [-0.39, 0.29) is 19.0 Å². The molecule has 3 aromatic carbocycles. The van der Waals surface area contributed by atoms with E-state index in [0.717, 1.165) is 5.39 Å². The molecule has 1 aromatic heterocycles. The van der Waals surface area contributed by atoms with Gasteiger partial charge in [0.25, 0.3) is 5.91 Å². The summed E-state index contributed by atoms with van der Waals surface area (Å²) in [6.07, 6.45) is 3.16. The lowest BCUT2D eigenvalue weighted by Crippen LogP contribution is -2.24. The van der Waals surface area contributed by atoms with E-state index in [4.69, 9.17) is 9.47 Å². The van der Waals surface area contributed by atoms with Gasteiger partial charge < -0.3 is 9.47 Å². The van der Waals surface area contributed by atoms with Gasteiger partial charge in [0.05, 0.1) is 6.21 Å². The first-order chi connectivity index (χ1) is 15.7. The number of para-hydroxylation sites is 2. The Kier molecular flexibility index (Phi) is 6.67. The van der Waals surface area contributed by atoms with E-state index in [1.807, 2.05) is 36.4 Å². The van der Waals surface area contributed by atoms with Crippen molar-refractivity contribution in [3.63, 3.8) is 0 Å². The summed E-state index contributed by atoms with van der Waals surface area (Å²) in [6, 6.07) is 22.7. The minimum atomic E-state index is -0.410. The van der Waals surface area contributed by atoms with Crippen molar-refractivity contribution in [3.05, 3.63) is 102 Å². The summed E-state index contributed by atoms with van der Waals surface area (Å²) < 4.78 is 24.7. The van der Waals surface area contributed by atoms with Gasteiger partial charge >= 0.3 is 0 Å². The van der Waals surface area contributed by atoms with Crippen LogP contribution in [0, 0.1) is 5.82 Å². The molecule has 0 spiro atoms. The molecule has 7 heteroatoms. The van der Waals surface area contributed by atoms with Crippen LogP contribution in [-0.2, 0) is 11.4 Å². The highest BCUT2D eigenvalue weighted by Crippen LogP contribution is 2.22. The second-order valence-electron chi connectivity index (χ2n) is 6.87. The number of hydrogen-bond acceptors (Lipinski definition) is 5. The number of carbonyl (C=O) groups excluding carboxylic acids is 1. The molecule has 4 rings (SSSR count). The quantitative estimate of drug-likeness (QED) is 0.331. The normalized spacial score (nSPS) is 10.9. The maximum Gasteiger partial charge on any atom is 0.277 e. The molecule has 0 saturated carbocycles. The number of benzene rings is 3. The Labute approximate surface area is 184 Å². The molecule has 0 radical (unpaired) electrons. The molecule has 0 aliphatic rings. The van der Waals surface area contributed by atoms with Gasteiger partial charge in [0.1, 0.15) is 29.4 Å². The number of nitrogens with zero attached hydrogens (tertiary/aromatic N) is 2. The van der Waals surface area contributed by atoms with Crippen LogP contribution in [0.5, 0.6) is 11.5 Å². The van der Waals surface area contributed by atoms with E-state index < -0.39 is 5.91 Å². The van der Waals surface area contributed by atoms with Crippen LogP contribution in [-0.4, -0.2) is 23.7 Å². The molecule has 160 valence electrons. The van der Waals surface area contributed by atoms with Crippen molar-refractivity contribution < 1.29 is 18.7 Å². The monoisotopic (exact) mass is 429 g/mol. The zero-order valence-electron chi connectivity index (χ0n) is 17.1. The molecule has 32 heavy (non-hydrogen) atoms. The first-order valence-corrected chi connectivity index (χ1v) is 9.94. The van der Waals surface area contributed by atoms with Crippen molar-refractivity contribution in [3.8, 4) is 11.5 Å². The summed E-state index contributed by atoms with van der Waals surface area (Å²) in [5.74, 6) is 0.365. The summed E-state index contributed by atoms with van der Waals surface area (Å²) >= 11 is 0. The van der Waals surface area contributed by atoms with Crippen LogP contribution >= 0.6 is 0 Å². The average molecular weight is 429 g/mol. The molecule has 0 aliphatic carbocycles. The van der Waals surface area contributed by atoms with Gasteiger partial charge in [-0.05, 0) is 42.0 Å². The van der Waals surface area contributed by atoms with E-state index in [2.05, 4.69) is 15.5 Å². The second kappa shape index (κ2) is 10.2. The fraction of sp³-hybridized carbons (Fsp3) is 0.0800. The molecule has 0 atom stereocenters. The number of aromatic nitrogens is 1. The lowest BCUT2D eigenvalue weighted by Gasteiger charge is -2.09. The summed E-state index contributed by atoms with van der Waals surface area (Å²) in [5.41, 5.74) is 4.51. The van der Waals surface area contributed by atoms with E-state index in [1.54, 1.807) is 36.5 Å². The number of hydrazone groups is 1. The van der Waals surface area contributed by atoms with Crippen molar-refractivity contribution in [2.75, 3.05) is 6.61 Å². The van der Waals surface area contributed by atoms with E-state index in [1.165, 1.54) is 18.3 Å². The Morgan fingerprint density at radius 3 is 2.69 bits per heavy atom. The molecular formula is C25H20FN3O3. The molecule has 0 fully saturated rings. The molecule has 0 unspecified atom stereocenters. The third kappa shape index (κ3) is 5.46. The van der Waals surface area contributed by atoms with Crippen LogP contribution in [0.25, 0.3) is 10.9 Å². The first kappa shape index (κ1) is 21.0. The summed E-state index contributed by atoms with van der Waals surface area (Å²) in [5, 5.41) is 4.91. The van der Waals surface area contributed by atoms with Crippen LogP contribution in [0.3, 0.4) is 0 Å². The molecule has 1 heterocycles. The van der Waals surface area contributed by atoms with Crippen molar-refractivity contribution in [2.24, 2.45) is 5.10 Å². The van der Waals surface area contributed by atoms with E-state index in [9.17, 15) is 9.18 Å². The third-order valence-electron chi connectivity index (χ3n) is 4.55. The lowest BCUT2D eigenvalue weighted by atomic mass is 10.2. The fourth-order valence-corrected chi connectivity index (χ4v) is 3.05. The number of pyridine rings is 1. The maximum atomic E-state index is 13.3. The molecule has 0 bridgehead atoms. The van der Waals surface area contributed by atoms with E-state index >= 15 is 0 Å². The molecule has 4 aromatic rings. The van der Waals surface area contributed by atoms with Gasteiger partial charge in [-0.3, -0.25) is 9.78 Å². The Balaban J connectivity index is 1.33. The number of ether oxygens (including phenoxy) is 2. The molecule has 1 amide bonds. The Hall–Kier alpha value is -4.26. The Bertz CT molecular complexity index is 1250. The summed E-state index contributed by atoms with van der Waals surface area (Å²) in [6.45, 7) is 0.00657. The van der Waals surface area contributed by atoms with E-state index in [0.29, 0.717) is 28.1 Å². The van der Waals surface area contributed by atoms with Crippen molar-refractivity contribution >= 4 is 23.0 Å². The van der Waals surface area contributed by atoms with Crippen LogP contribution in [0.1, 0.15) is 11.1 Å². The van der Waals surface area contributed by atoms with Gasteiger partial charge in [0.15, 0.2) is 6.61 Å². The number of hydrogen-bond donors (Lipinski definition) is 1. The van der Waals surface area contributed by atoms with Gasteiger partial charge in [-0.25, -0.2) is 9.82 Å². The van der Waals surface area contributed by atoms with Gasteiger partial charge in [-0.1, -0.05) is 42.5 Å². The Morgan fingerprint density at radius 2 is 1.78 bits per heavy atom. The highest BCUT2D eigenvalue weighted by atomic mass is 19.1. The number of nitrogens with one attached hydrogen (secondary N) is 1. The largest absolute Gasteiger partial charge is 0.488 e. The molecule has 0 aliphatic heterocycles. The van der Waals surface area contributed by atoms with Gasteiger partial charge in [0, 0.05) is 17.1 Å². The van der Waals surface area contributed by atoms with Gasteiger partial charge in [0.2, 0.25) is 0 Å². The minimum absolute atomic E-state index is 0.204. The second-order valence-corrected chi connectivity index (χ2v) is 6.87. The minimum Gasteiger partial charge on any atom is -0.488 e. The fourth-order valence-electron chi connectivity index (χ4n) is 3.05. The summed E-state index contributed by atoms with van der Waals surface area (Å²) in [4.78, 5) is 16.4. The zero-order valence-corrected chi connectivity index (χ0v) is 17.1. The van der Waals surface area contributed by atoms with Crippen molar-refractivity contribution in [1.29, 1.82) is 0 Å². The predicted octanol–water partition coefficient (Wildman–Crippen LogP) is 4.48. The van der Waals surface area contributed by atoms with Crippen LogP contribution in [0.15, 0.2) is 90.2 Å². The third-order valence-corrected chi connectivity index (χ3v) is 4.55. The SMILES string of the molecule is O=C(COc1cccc2cccnc12)N/N=C/c1ccccc1OCc1cccc(F)c1. The first-order valence-electron chi connectivity index (χ1n) is 9.94. The highest BCUT2D eigenvalue weighted by Gasteiger charge is 2.07. The Morgan fingerprint density at radius 1 is 0.969 bits per heavy atom. The van der Waals surface area contributed by atoms with Crippen LogP contribution < -0.4 is 14.9 Å². The topological polar surface area (TPSA) is 72.8 Å². The van der Waals surface area contributed by atoms with Gasteiger partial charge in [-0.2, -0.15) is 5.10 Å². The molecule has 6 nitrogen and oxygen atoms in total. The number of fused-ring (bicyclic) bond motifs is 1. The van der Waals surface area contributed by atoms with Gasteiger partial charge in [-0.15, -0.1) is 0 Å². The van der Waals surface area contributed by atoms with Crippen LogP contribution in [0.2, 0.25) is 0 Å². The van der Waals surface area contributed by atoms with Crippen molar-refractivity contribution in [1.82, 2.24) is 10.4 Å². The smallest absolute Gasteiger partial charge is 0.277 e. The standard InChI is InChI=1S/C25H20FN3O3/c26-21-10-3-6-18(14-21)16-31-22-11-2-1-7-20(22)15-28-29-24(30)17-32-23-12-4-8-19-9-5-13-27-25(19)23/h1-15H,16-17H2,(H,29,30)/b28-15+. The predicted molar refractivity (Wildman–Crippen MR) is 120 cm³/mol. The average Bonchev–Trinajstić information content (AvgIpc) is 2.82. The lowest BCUT2D eigenvalue weighted by molar-refractivity contribution is -0.123. The maximum absolute atomic E-state index is 13.3. The molecular weight excluding hydrogens is 409 g/mol. The van der Waals surface area contributed by atoms with Crippen molar-refractivity contribution in [2.45, 2.75) is 6.61 Å². The number of halogens is 1. The number of carbonyl (C=O) groups is 1. The number of amides is 1. The molecule has 1 N–H and O–H groups in total. The number of rotatable bonds is 8.